The lowest BCUT2D eigenvalue weighted by molar-refractivity contribution is -0.128. The second-order valence-corrected chi connectivity index (χ2v) is 8.20. The third kappa shape index (κ3) is 4.31. The molecule has 150 valence electrons. The van der Waals surface area contributed by atoms with Gasteiger partial charge in [-0.25, -0.2) is 4.98 Å². The molecule has 2 aliphatic heterocycles. The van der Waals surface area contributed by atoms with Crippen LogP contribution in [0.2, 0.25) is 0 Å². The quantitative estimate of drug-likeness (QED) is 0.369. The lowest BCUT2D eigenvalue weighted by Crippen LogP contribution is -2.70. The number of para-hydroxylation sites is 1. The molecule has 1 aromatic carbocycles. The number of piperidine rings is 1. The van der Waals surface area contributed by atoms with Crippen LogP contribution in [0.3, 0.4) is 0 Å². The Balaban J connectivity index is 1.57. The van der Waals surface area contributed by atoms with Crippen LogP contribution in [0.15, 0.2) is 24.3 Å². The number of aromatic nitrogens is 1. The minimum absolute atomic E-state index is 0.0263. The van der Waals surface area contributed by atoms with Gasteiger partial charge in [-0.15, -0.1) is 11.3 Å². The number of amides is 2. The van der Waals surface area contributed by atoms with E-state index < -0.39 is 18.1 Å². The highest BCUT2D eigenvalue weighted by Gasteiger charge is 2.40. The highest BCUT2D eigenvalue weighted by atomic mass is 32.1. The van der Waals surface area contributed by atoms with Crippen LogP contribution >= 0.6 is 11.3 Å². The van der Waals surface area contributed by atoms with Crippen LogP contribution in [0.4, 0.5) is 0 Å². The van der Waals surface area contributed by atoms with Gasteiger partial charge < -0.3 is 16.4 Å². The Morgan fingerprint density at radius 3 is 2.96 bits per heavy atom. The van der Waals surface area contributed by atoms with Crippen molar-refractivity contribution in [2.75, 3.05) is 19.6 Å². The van der Waals surface area contributed by atoms with Gasteiger partial charge in [0.05, 0.1) is 22.9 Å². The largest absolute Gasteiger partial charge is 0.369 e. The summed E-state index contributed by atoms with van der Waals surface area (Å²) in [5, 5.41) is 16.9. The maximum atomic E-state index is 13.0. The summed E-state index contributed by atoms with van der Waals surface area (Å²) in [7, 11) is 0. The summed E-state index contributed by atoms with van der Waals surface area (Å²) in [6.45, 7) is 1.84. The zero-order valence-electron chi connectivity index (χ0n) is 15.4. The fourth-order valence-corrected chi connectivity index (χ4v) is 4.79. The molecule has 2 aromatic rings. The molecule has 2 amide bonds. The average Bonchev–Trinajstić information content (AvgIpc) is 3.10. The number of nitrogens with two attached hydrogens (primary N) is 1. The van der Waals surface area contributed by atoms with Crippen LogP contribution in [0.1, 0.15) is 23.8 Å². The van der Waals surface area contributed by atoms with Crippen molar-refractivity contribution in [2.45, 2.75) is 37.3 Å². The number of carbonyl (C=O) groups excluding carboxylic acids is 2. The maximum absolute atomic E-state index is 13.0. The van der Waals surface area contributed by atoms with E-state index >= 15 is 0 Å². The predicted octanol–water partition coefficient (Wildman–Crippen LogP) is -0.874. The molecule has 10 heteroatoms. The van der Waals surface area contributed by atoms with E-state index in [1.165, 1.54) is 11.3 Å². The summed E-state index contributed by atoms with van der Waals surface area (Å²) >= 11 is 1.53. The smallest absolute Gasteiger partial charge is 0.235 e. The van der Waals surface area contributed by atoms with E-state index in [2.05, 4.69) is 26.6 Å². The van der Waals surface area contributed by atoms with Gasteiger partial charge in [-0.1, -0.05) is 12.1 Å². The Morgan fingerprint density at radius 1 is 1.36 bits per heavy atom. The van der Waals surface area contributed by atoms with Crippen molar-refractivity contribution in [1.29, 1.82) is 0 Å². The van der Waals surface area contributed by atoms with Crippen LogP contribution in [0, 0.1) is 0 Å². The highest BCUT2D eigenvalue weighted by Crippen LogP contribution is 2.30. The summed E-state index contributed by atoms with van der Waals surface area (Å²) in [6, 6.07) is 8.13. The van der Waals surface area contributed by atoms with Gasteiger partial charge >= 0.3 is 0 Å². The molecule has 1 aromatic heterocycles. The lowest BCUT2D eigenvalue weighted by atomic mass is 10.0. The number of hydrogen-bond acceptors (Lipinski definition) is 8. The standard InChI is InChI=1S/C18H25N7O2S/c19-13(26)9-21-18-24-15(22-10-4-3-7-20-8-10)14(16(27)25-18)17-23-11-5-1-2-6-12(11)28-17/h1-2,5-6,10,14-15,18,20-22,24H,3-4,7-9H2,(H2,19,26)(H,25,27)/t10-,14?,15?,18?/m1/s1. The molecule has 3 heterocycles. The van der Waals surface area contributed by atoms with Crippen LogP contribution in [-0.4, -0.2) is 54.9 Å². The molecular formula is C18H25N7O2S. The van der Waals surface area contributed by atoms with Crippen molar-refractivity contribution in [1.82, 2.24) is 31.6 Å². The molecule has 0 bridgehead atoms. The van der Waals surface area contributed by atoms with E-state index in [0.717, 1.165) is 41.2 Å². The van der Waals surface area contributed by atoms with Gasteiger partial charge in [0.25, 0.3) is 0 Å². The Labute approximate surface area is 166 Å². The zero-order chi connectivity index (χ0) is 19.5. The summed E-state index contributed by atoms with van der Waals surface area (Å²) in [5.41, 5.74) is 6.11. The Hall–Kier alpha value is -2.11. The summed E-state index contributed by atoms with van der Waals surface area (Å²) in [4.78, 5) is 28.8. The monoisotopic (exact) mass is 403 g/mol. The van der Waals surface area contributed by atoms with Crippen molar-refractivity contribution in [3.8, 4) is 0 Å². The number of rotatable bonds is 6. The molecule has 0 saturated carbocycles. The summed E-state index contributed by atoms with van der Waals surface area (Å²) in [5.74, 6) is -1.09. The van der Waals surface area contributed by atoms with E-state index in [1.54, 1.807) is 0 Å². The van der Waals surface area contributed by atoms with Crippen LogP contribution < -0.4 is 32.3 Å². The zero-order valence-corrected chi connectivity index (χ0v) is 16.2. The first-order valence-corrected chi connectivity index (χ1v) is 10.3. The van der Waals surface area contributed by atoms with E-state index in [9.17, 15) is 9.59 Å². The van der Waals surface area contributed by atoms with Gasteiger partial charge in [0.1, 0.15) is 17.2 Å². The maximum Gasteiger partial charge on any atom is 0.235 e. The molecule has 0 radical (unpaired) electrons. The number of primary amides is 1. The number of carbonyl (C=O) groups is 2. The predicted molar refractivity (Wildman–Crippen MR) is 107 cm³/mol. The van der Waals surface area contributed by atoms with E-state index in [4.69, 9.17) is 10.7 Å². The third-order valence-corrected chi connectivity index (χ3v) is 6.14. The first-order chi connectivity index (χ1) is 13.6. The van der Waals surface area contributed by atoms with Gasteiger partial charge in [0, 0.05) is 12.6 Å². The molecule has 3 unspecified atom stereocenters. The Morgan fingerprint density at radius 2 is 2.21 bits per heavy atom. The van der Waals surface area contributed by atoms with Crippen LogP contribution in [0.25, 0.3) is 10.2 Å². The van der Waals surface area contributed by atoms with E-state index in [1.807, 2.05) is 24.3 Å². The van der Waals surface area contributed by atoms with E-state index in [0.29, 0.717) is 0 Å². The average molecular weight is 404 g/mol. The van der Waals surface area contributed by atoms with Crippen molar-refractivity contribution < 1.29 is 9.59 Å². The fraction of sp³-hybridized carbons (Fsp3) is 0.500. The topological polar surface area (TPSA) is 133 Å². The van der Waals surface area contributed by atoms with E-state index in [-0.39, 0.29) is 24.7 Å². The molecule has 0 aliphatic carbocycles. The van der Waals surface area contributed by atoms with Gasteiger partial charge in [-0.3, -0.25) is 25.5 Å². The molecule has 2 fully saturated rings. The number of fused-ring (bicyclic) bond motifs is 1. The van der Waals surface area contributed by atoms with Crippen molar-refractivity contribution in [3.05, 3.63) is 29.3 Å². The van der Waals surface area contributed by atoms with Gasteiger partial charge in [0.2, 0.25) is 11.8 Å². The van der Waals surface area contributed by atoms with Gasteiger partial charge in [0.15, 0.2) is 0 Å². The van der Waals surface area contributed by atoms with Gasteiger partial charge in [-0.05, 0) is 31.5 Å². The number of hydrogen-bond donors (Lipinski definition) is 6. The third-order valence-electron chi connectivity index (χ3n) is 5.02. The first-order valence-electron chi connectivity index (χ1n) is 9.50. The number of nitrogens with zero attached hydrogens (tertiary/aromatic N) is 1. The molecule has 4 atom stereocenters. The minimum Gasteiger partial charge on any atom is -0.369 e. The second-order valence-electron chi connectivity index (χ2n) is 7.14. The summed E-state index contributed by atoms with van der Waals surface area (Å²) < 4.78 is 1.05. The number of thiazole rings is 1. The van der Waals surface area contributed by atoms with Gasteiger partial charge in [-0.2, -0.15) is 0 Å². The SMILES string of the molecule is NC(=O)CNC1NC(=O)C(c2nc3ccccc3s2)C(N[C@@H]2CCCNC2)N1. The van der Waals surface area contributed by atoms with Crippen molar-refractivity contribution in [3.63, 3.8) is 0 Å². The Bertz CT molecular complexity index is 818. The summed E-state index contributed by atoms with van der Waals surface area (Å²) in [6.07, 6.45) is 1.27. The molecule has 4 rings (SSSR count). The molecule has 7 N–H and O–H groups in total. The molecule has 9 nitrogen and oxygen atoms in total. The molecule has 0 spiro atoms. The number of benzene rings is 1. The normalized spacial score (nSPS) is 28.2. The molecule has 2 aliphatic rings. The minimum atomic E-state index is -0.542. The van der Waals surface area contributed by atoms with Crippen molar-refractivity contribution in [2.24, 2.45) is 5.73 Å². The number of nitrogens with one attached hydrogen (secondary N) is 5. The fourth-order valence-electron chi connectivity index (χ4n) is 3.68. The van der Waals surface area contributed by atoms with Crippen LogP contribution in [-0.2, 0) is 9.59 Å². The molecular weight excluding hydrogens is 378 g/mol. The Kier molecular flexibility index (Phi) is 5.83. The van der Waals surface area contributed by atoms with Crippen molar-refractivity contribution >= 4 is 33.4 Å². The molecule has 28 heavy (non-hydrogen) atoms. The lowest BCUT2D eigenvalue weighted by Gasteiger charge is -2.39. The van der Waals surface area contributed by atoms with Crippen LogP contribution in [0.5, 0.6) is 0 Å². The highest BCUT2D eigenvalue weighted by molar-refractivity contribution is 7.18. The second kappa shape index (κ2) is 8.50. The molecule has 2 saturated heterocycles. The first kappa shape index (κ1) is 19.2.